The van der Waals surface area contributed by atoms with Gasteiger partial charge in [0, 0.05) is 30.9 Å². The van der Waals surface area contributed by atoms with Crippen molar-refractivity contribution in [1.82, 2.24) is 9.78 Å². The molecule has 1 heterocycles. The summed E-state index contributed by atoms with van der Waals surface area (Å²) in [5.74, 6) is 0.0552. The van der Waals surface area contributed by atoms with Gasteiger partial charge in [0.15, 0.2) is 5.78 Å². The molecule has 2 N–H and O–H groups in total. The van der Waals surface area contributed by atoms with Gasteiger partial charge in [0.1, 0.15) is 0 Å². The number of benzene rings is 1. The summed E-state index contributed by atoms with van der Waals surface area (Å²) >= 11 is 5.82. The smallest absolute Gasteiger partial charge is 0.163 e. The average Bonchev–Trinajstić information content (AvgIpc) is 2.75. The third kappa shape index (κ3) is 2.71. The van der Waals surface area contributed by atoms with Crippen LogP contribution >= 0.6 is 11.6 Å². The first-order chi connectivity index (χ1) is 8.58. The van der Waals surface area contributed by atoms with Gasteiger partial charge in [-0.3, -0.25) is 9.48 Å². The Morgan fingerprint density at radius 2 is 2.22 bits per heavy atom. The summed E-state index contributed by atoms with van der Waals surface area (Å²) in [5.41, 5.74) is 7.74. The molecular weight excluding hydrogens is 250 g/mol. The molecule has 0 aliphatic carbocycles. The van der Waals surface area contributed by atoms with E-state index in [2.05, 4.69) is 5.10 Å². The molecule has 0 amide bonds. The van der Waals surface area contributed by atoms with Gasteiger partial charge in [-0.25, -0.2) is 0 Å². The first-order valence-corrected chi connectivity index (χ1v) is 6.01. The van der Waals surface area contributed by atoms with E-state index in [-0.39, 0.29) is 5.78 Å². The molecule has 0 aliphatic heterocycles. The first kappa shape index (κ1) is 12.6. The number of nitrogens with zero attached hydrogens (tertiary/aromatic N) is 2. The lowest BCUT2D eigenvalue weighted by Crippen LogP contribution is -2.05. The molecule has 0 spiro atoms. The van der Waals surface area contributed by atoms with Crippen LogP contribution in [-0.2, 0) is 13.5 Å². The second-order valence-electron chi connectivity index (χ2n) is 4.11. The molecule has 0 fully saturated rings. The van der Waals surface area contributed by atoms with Crippen LogP contribution in [0.15, 0.2) is 30.5 Å². The van der Waals surface area contributed by atoms with Crippen molar-refractivity contribution >= 4 is 23.1 Å². The molecule has 0 saturated heterocycles. The number of aromatic nitrogens is 2. The Balaban J connectivity index is 2.04. The van der Waals surface area contributed by atoms with E-state index in [4.69, 9.17) is 17.3 Å². The fourth-order valence-electron chi connectivity index (χ4n) is 1.75. The van der Waals surface area contributed by atoms with E-state index >= 15 is 0 Å². The van der Waals surface area contributed by atoms with E-state index in [0.717, 1.165) is 5.69 Å². The molecule has 94 valence electrons. The lowest BCUT2D eigenvalue weighted by molar-refractivity contribution is 0.0982. The average molecular weight is 264 g/mol. The molecule has 0 bridgehead atoms. The predicted octanol–water partition coefficient (Wildman–Crippen LogP) is 2.47. The Kier molecular flexibility index (Phi) is 3.67. The van der Waals surface area contributed by atoms with Gasteiger partial charge < -0.3 is 5.73 Å². The van der Waals surface area contributed by atoms with E-state index < -0.39 is 0 Å². The maximum Gasteiger partial charge on any atom is 0.163 e. The van der Waals surface area contributed by atoms with Crippen molar-refractivity contribution in [3.63, 3.8) is 0 Å². The summed E-state index contributed by atoms with van der Waals surface area (Å²) in [6.07, 6.45) is 2.82. The molecule has 0 saturated carbocycles. The highest BCUT2D eigenvalue weighted by atomic mass is 35.5. The quantitative estimate of drug-likeness (QED) is 0.681. The molecule has 18 heavy (non-hydrogen) atoms. The number of hydrogen-bond acceptors (Lipinski definition) is 3. The Hall–Kier alpha value is -1.81. The van der Waals surface area contributed by atoms with Crippen molar-refractivity contribution in [2.75, 3.05) is 5.73 Å². The Bertz CT molecular complexity index is 577. The normalized spacial score (nSPS) is 10.6. The van der Waals surface area contributed by atoms with E-state index in [1.54, 1.807) is 29.1 Å². The van der Waals surface area contributed by atoms with Crippen LogP contribution in [0.2, 0.25) is 5.02 Å². The molecule has 4 nitrogen and oxygen atoms in total. The highest BCUT2D eigenvalue weighted by molar-refractivity contribution is 6.33. The molecule has 0 unspecified atom stereocenters. The van der Waals surface area contributed by atoms with Gasteiger partial charge >= 0.3 is 0 Å². The number of anilines is 1. The minimum absolute atomic E-state index is 0.0552. The van der Waals surface area contributed by atoms with Crippen molar-refractivity contribution in [2.45, 2.75) is 12.8 Å². The Labute approximate surface area is 110 Å². The van der Waals surface area contributed by atoms with Gasteiger partial charge in [-0.1, -0.05) is 11.6 Å². The third-order valence-corrected chi connectivity index (χ3v) is 3.19. The van der Waals surface area contributed by atoms with Crippen molar-refractivity contribution in [3.05, 3.63) is 46.7 Å². The molecule has 1 aromatic heterocycles. The Morgan fingerprint density at radius 1 is 1.44 bits per heavy atom. The number of hydrogen-bond donors (Lipinski definition) is 1. The van der Waals surface area contributed by atoms with Crippen molar-refractivity contribution in [1.29, 1.82) is 0 Å². The molecule has 1 aromatic carbocycles. The zero-order valence-electron chi connectivity index (χ0n) is 10.1. The minimum Gasteiger partial charge on any atom is -0.398 e. The molecule has 5 heteroatoms. The highest BCUT2D eigenvalue weighted by Gasteiger charge is 2.09. The van der Waals surface area contributed by atoms with E-state index in [0.29, 0.717) is 29.1 Å². The topological polar surface area (TPSA) is 60.9 Å². The number of carbonyl (C=O) groups excluding carboxylic acids is 1. The minimum atomic E-state index is 0.0552. The summed E-state index contributed by atoms with van der Waals surface area (Å²) < 4.78 is 1.77. The number of Topliss-reactive ketones (excluding diaryl/α,β-unsaturated/α-hetero) is 1. The van der Waals surface area contributed by atoms with Crippen LogP contribution in [0, 0.1) is 0 Å². The standard InChI is InChI=1S/C13H14ClN3O/c1-17-10(6-7-16-17)3-5-13(18)9-2-4-11(14)12(15)8-9/h2,4,6-8H,3,5,15H2,1H3. The number of rotatable bonds is 4. The second-order valence-corrected chi connectivity index (χ2v) is 4.51. The van der Waals surface area contributed by atoms with Crippen molar-refractivity contribution in [2.24, 2.45) is 7.05 Å². The van der Waals surface area contributed by atoms with Gasteiger partial charge in [0.05, 0.1) is 10.7 Å². The Morgan fingerprint density at radius 3 is 2.83 bits per heavy atom. The SMILES string of the molecule is Cn1nccc1CCC(=O)c1ccc(Cl)c(N)c1. The lowest BCUT2D eigenvalue weighted by atomic mass is 10.0. The fourth-order valence-corrected chi connectivity index (χ4v) is 1.87. The van der Waals surface area contributed by atoms with Gasteiger partial charge in [0.2, 0.25) is 0 Å². The molecule has 0 radical (unpaired) electrons. The van der Waals surface area contributed by atoms with Gasteiger partial charge in [-0.2, -0.15) is 5.10 Å². The summed E-state index contributed by atoms with van der Waals surface area (Å²) in [6, 6.07) is 6.87. The number of aryl methyl sites for hydroxylation is 2. The molecule has 2 aromatic rings. The molecule has 2 rings (SSSR count). The van der Waals surface area contributed by atoms with Crippen LogP contribution in [0.3, 0.4) is 0 Å². The largest absolute Gasteiger partial charge is 0.398 e. The lowest BCUT2D eigenvalue weighted by Gasteiger charge is -2.04. The number of halogens is 1. The zero-order valence-corrected chi connectivity index (χ0v) is 10.8. The van der Waals surface area contributed by atoms with Crippen molar-refractivity contribution in [3.8, 4) is 0 Å². The van der Waals surface area contributed by atoms with Crippen LogP contribution < -0.4 is 5.73 Å². The fraction of sp³-hybridized carbons (Fsp3) is 0.231. The summed E-state index contributed by atoms with van der Waals surface area (Å²) in [5, 5.41) is 4.53. The van der Waals surface area contributed by atoms with Crippen LogP contribution in [0.1, 0.15) is 22.5 Å². The van der Waals surface area contributed by atoms with E-state index in [1.165, 1.54) is 0 Å². The maximum absolute atomic E-state index is 12.0. The van der Waals surface area contributed by atoms with Crippen LogP contribution in [0.5, 0.6) is 0 Å². The van der Waals surface area contributed by atoms with Crippen LogP contribution in [-0.4, -0.2) is 15.6 Å². The summed E-state index contributed by atoms with van der Waals surface area (Å²) in [4.78, 5) is 12.0. The summed E-state index contributed by atoms with van der Waals surface area (Å²) in [7, 11) is 1.86. The van der Waals surface area contributed by atoms with Crippen LogP contribution in [0.25, 0.3) is 0 Å². The van der Waals surface area contributed by atoms with Gasteiger partial charge in [-0.15, -0.1) is 0 Å². The number of nitrogen functional groups attached to an aromatic ring is 1. The maximum atomic E-state index is 12.0. The van der Waals surface area contributed by atoms with Crippen LogP contribution in [0.4, 0.5) is 5.69 Å². The van der Waals surface area contributed by atoms with Crippen molar-refractivity contribution < 1.29 is 4.79 Å². The molecular formula is C13H14ClN3O. The monoisotopic (exact) mass is 263 g/mol. The van der Waals surface area contributed by atoms with E-state index in [9.17, 15) is 4.79 Å². The van der Waals surface area contributed by atoms with Gasteiger partial charge in [-0.05, 0) is 30.7 Å². The zero-order chi connectivity index (χ0) is 13.1. The van der Waals surface area contributed by atoms with E-state index in [1.807, 2.05) is 13.1 Å². The molecule has 0 aliphatic rings. The number of carbonyl (C=O) groups is 1. The third-order valence-electron chi connectivity index (χ3n) is 2.85. The predicted molar refractivity (Wildman–Crippen MR) is 71.7 cm³/mol. The van der Waals surface area contributed by atoms with Gasteiger partial charge in [0.25, 0.3) is 0 Å². The number of nitrogens with two attached hydrogens (primary N) is 1. The first-order valence-electron chi connectivity index (χ1n) is 5.63. The highest BCUT2D eigenvalue weighted by Crippen LogP contribution is 2.20. The summed E-state index contributed by atoms with van der Waals surface area (Å²) in [6.45, 7) is 0. The second kappa shape index (κ2) is 5.23. The number of ketones is 1. The molecule has 0 atom stereocenters.